The summed E-state index contributed by atoms with van der Waals surface area (Å²) in [7, 11) is 0. The molecule has 1 aromatic carbocycles. The van der Waals surface area contributed by atoms with Crippen LogP contribution >= 0.6 is 11.6 Å². The smallest absolute Gasteiger partial charge is 0.406 e. The number of hydrogen-bond acceptors (Lipinski definition) is 5. The van der Waals surface area contributed by atoms with Crippen molar-refractivity contribution in [3.05, 3.63) is 40.9 Å². The quantitative estimate of drug-likeness (QED) is 0.674. The van der Waals surface area contributed by atoms with Crippen molar-refractivity contribution in [1.29, 1.82) is 0 Å². The first kappa shape index (κ1) is 20.1. The van der Waals surface area contributed by atoms with Gasteiger partial charge in [0.1, 0.15) is 0 Å². The minimum Gasteiger partial charge on any atom is -0.406 e. The number of amides is 1. The summed E-state index contributed by atoms with van der Waals surface area (Å²) in [5, 5.41) is 4.52. The van der Waals surface area contributed by atoms with E-state index in [4.69, 9.17) is 16.3 Å². The zero-order chi connectivity index (χ0) is 20.3. The molecule has 1 aliphatic rings. The molecule has 1 amide bonds. The molecule has 0 unspecified atom stereocenters. The normalized spacial score (nSPS) is 14.3. The fourth-order valence-electron chi connectivity index (χ4n) is 2.49. The van der Waals surface area contributed by atoms with E-state index in [-0.39, 0.29) is 10.7 Å². The van der Waals surface area contributed by atoms with Crippen LogP contribution in [0.25, 0.3) is 0 Å². The SMILES string of the molecule is O=C(NCC1CCC1)Oc1cnc(Nc2cccc(Cl)c2F)nc1C(F)(F)F. The third-order valence-corrected chi connectivity index (χ3v) is 4.48. The van der Waals surface area contributed by atoms with Gasteiger partial charge in [0.25, 0.3) is 0 Å². The highest BCUT2D eigenvalue weighted by molar-refractivity contribution is 6.31. The maximum absolute atomic E-state index is 13.9. The van der Waals surface area contributed by atoms with Crippen LogP contribution in [0.15, 0.2) is 24.4 Å². The Bertz CT molecular complexity index is 875. The van der Waals surface area contributed by atoms with Gasteiger partial charge in [-0.2, -0.15) is 13.2 Å². The number of alkyl halides is 3. The molecule has 0 radical (unpaired) electrons. The Hall–Kier alpha value is -2.62. The Morgan fingerprint density at radius 1 is 1.32 bits per heavy atom. The van der Waals surface area contributed by atoms with Crippen LogP contribution in [0.5, 0.6) is 5.75 Å². The van der Waals surface area contributed by atoms with Crippen LogP contribution in [-0.2, 0) is 6.18 Å². The summed E-state index contributed by atoms with van der Waals surface area (Å²) in [6.45, 7) is 0.328. The summed E-state index contributed by atoms with van der Waals surface area (Å²) in [5.41, 5.74) is -1.67. The Morgan fingerprint density at radius 3 is 2.71 bits per heavy atom. The maximum Gasteiger partial charge on any atom is 0.437 e. The molecule has 1 saturated carbocycles. The number of halogens is 5. The van der Waals surface area contributed by atoms with Crippen LogP contribution in [0, 0.1) is 11.7 Å². The molecular formula is C17H15ClF4N4O2. The van der Waals surface area contributed by atoms with E-state index in [1.54, 1.807) is 0 Å². The Kier molecular flexibility index (Phi) is 5.87. The summed E-state index contributed by atoms with van der Waals surface area (Å²) in [6.07, 6.45) is -2.27. The standard InChI is InChI=1S/C17H15ClF4N4O2/c18-10-5-2-6-11(13(10)19)25-15-23-8-12(14(26-15)17(20,21)22)28-16(27)24-7-9-3-1-4-9/h2,5-6,8-9H,1,3-4,7H2,(H,24,27)(H,23,25,26). The van der Waals surface area contributed by atoms with Crippen molar-refractivity contribution in [2.24, 2.45) is 5.92 Å². The number of rotatable bonds is 5. The summed E-state index contributed by atoms with van der Waals surface area (Å²) in [5.74, 6) is -1.94. The lowest BCUT2D eigenvalue weighted by Gasteiger charge is -2.25. The molecule has 2 aromatic rings. The molecule has 0 spiro atoms. The van der Waals surface area contributed by atoms with Crippen LogP contribution in [0.2, 0.25) is 5.02 Å². The average Bonchev–Trinajstić information content (AvgIpc) is 2.58. The predicted molar refractivity (Wildman–Crippen MR) is 93.1 cm³/mol. The van der Waals surface area contributed by atoms with Crippen molar-refractivity contribution in [2.45, 2.75) is 25.4 Å². The molecule has 1 heterocycles. The van der Waals surface area contributed by atoms with E-state index in [2.05, 4.69) is 20.6 Å². The van der Waals surface area contributed by atoms with E-state index in [0.717, 1.165) is 19.3 Å². The molecule has 150 valence electrons. The summed E-state index contributed by atoms with van der Waals surface area (Å²) >= 11 is 5.63. The van der Waals surface area contributed by atoms with Gasteiger partial charge in [0.05, 0.1) is 16.9 Å². The Morgan fingerprint density at radius 2 is 2.07 bits per heavy atom. The number of nitrogens with one attached hydrogen (secondary N) is 2. The molecule has 6 nitrogen and oxygen atoms in total. The van der Waals surface area contributed by atoms with E-state index in [1.807, 2.05) is 0 Å². The third kappa shape index (κ3) is 4.80. The van der Waals surface area contributed by atoms with Gasteiger partial charge in [0, 0.05) is 6.54 Å². The zero-order valence-corrected chi connectivity index (χ0v) is 15.1. The van der Waals surface area contributed by atoms with Gasteiger partial charge in [-0.15, -0.1) is 0 Å². The summed E-state index contributed by atoms with van der Waals surface area (Å²) < 4.78 is 58.6. The van der Waals surface area contributed by atoms with Crippen LogP contribution in [0.1, 0.15) is 25.0 Å². The number of hydrogen-bond donors (Lipinski definition) is 2. The van der Waals surface area contributed by atoms with Crippen molar-refractivity contribution >= 4 is 29.3 Å². The molecular weight excluding hydrogens is 404 g/mol. The monoisotopic (exact) mass is 418 g/mol. The molecule has 1 fully saturated rings. The van der Waals surface area contributed by atoms with Crippen LogP contribution in [-0.4, -0.2) is 22.6 Å². The highest BCUT2D eigenvalue weighted by Crippen LogP contribution is 2.35. The van der Waals surface area contributed by atoms with Gasteiger partial charge in [-0.3, -0.25) is 0 Å². The molecule has 0 atom stereocenters. The topological polar surface area (TPSA) is 76.1 Å². The molecule has 0 bridgehead atoms. The van der Waals surface area contributed by atoms with Gasteiger partial charge in [-0.25, -0.2) is 19.2 Å². The molecule has 2 N–H and O–H groups in total. The van der Waals surface area contributed by atoms with Crippen LogP contribution in [0.3, 0.4) is 0 Å². The van der Waals surface area contributed by atoms with E-state index < -0.39 is 35.5 Å². The first-order valence-corrected chi connectivity index (χ1v) is 8.73. The summed E-state index contributed by atoms with van der Waals surface area (Å²) in [4.78, 5) is 18.7. The second-order valence-corrected chi connectivity index (χ2v) is 6.61. The van der Waals surface area contributed by atoms with Crippen LogP contribution < -0.4 is 15.4 Å². The third-order valence-electron chi connectivity index (χ3n) is 4.18. The minimum absolute atomic E-state index is 0.201. The lowest BCUT2D eigenvalue weighted by molar-refractivity contribution is -0.142. The highest BCUT2D eigenvalue weighted by Gasteiger charge is 2.38. The molecule has 0 saturated heterocycles. The number of anilines is 2. The number of aromatic nitrogens is 2. The first-order chi connectivity index (χ1) is 13.2. The van der Waals surface area contributed by atoms with Crippen molar-refractivity contribution in [3.8, 4) is 5.75 Å². The van der Waals surface area contributed by atoms with Crippen molar-refractivity contribution < 1.29 is 27.1 Å². The molecule has 11 heteroatoms. The van der Waals surface area contributed by atoms with Crippen molar-refractivity contribution in [3.63, 3.8) is 0 Å². The average molecular weight is 419 g/mol. The molecule has 1 aromatic heterocycles. The van der Waals surface area contributed by atoms with Gasteiger partial charge in [-0.05, 0) is 30.9 Å². The number of benzene rings is 1. The fraction of sp³-hybridized carbons (Fsp3) is 0.353. The molecule has 3 rings (SSSR count). The molecule has 1 aliphatic carbocycles. The van der Waals surface area contributed by atoms with E-state index >= 15 is 0 Å². The van der Waals surface area contributed by atoms with E-state index in [1.165, 1.54) is 18.2 Å². The predicted octanol–water partition coefficient (Wildman–Crippen LogP) is 4.92. The van der Waals surface area contributed by atoms with Crippen molar-refractivity contribution in [2.75, 3.05) is 11.9 Å². The van der Waals surface area contributed by atoms with Gasteiger partial charge in [0.2, 0.25) is 5.95 Å². The summed E-state index contributed by atoms with van der Waals surface area (Å²) in [6, 6.07) is 3.95. The van der Waals surface area contributed by atoms with Gasteiger partial charge >= 0.3 is 12.3 Å². The second-order valence-electron chi connectivity index (χ2n) is 6.20. The maximum atomic E-state index is 13.9. The fourth-order valence-corrected chi connectivity index (χ4v) is 2.66. The number of nitrogens with zero attached hydrogens (tertiary/aromatic N) is 2. The van der Waals surface area contributed by atoms with Gasteiger partial charge in [-0.1, -0.05) is 24.1 Å². The number of carbonyl (C=O) groups excluding carboxylic acids is 1. The van der Waals surface area contributed by atoms with E-state index in [9.17, 15) is 22.4 Å². The zero-order valence-electron chi connectivity index (χ0n) is 14.3. The van der Waals surface area contributed by atoms with E-state index in [0.29, 0.717) is 18.7 Å². The number of carbonyl (C=O) groups is 1. The Labute approximate surface area is 162 Å². The lowest BCUT2D eigenvalue weighted by Crippen LogP contribution is -2.34. The van der Waals surface area contributed by atoms with Crippen molar-refractivity contribution in [1.82, 2.24) is 15.3 Å². The molecule has 0 aliphatic heterocycles. The Balaban J connectivity index is 1.77. The van der Waals surface area contributed by atoms with Crippen LogP contribution in [0.4, 0.5) is 34.0 Å². The second kappa shape index (κ2) is 8.17. The first-order valence-electron chi connectivity index (χ1n) is 8.35. The van der Waals surface area contributed by atoms with Gasteiger partial charge in [0.15, 0.2) is 17.3 Å². The lowest BCUT2D eigenvalue weighted by atomic mass is 9.85. The minimum atomic E-state index is -4.92. The highest BCUT2D eigenvalue weighted by atomic mass is 35.5. The number of ether oxygens (including phenoxy) is 1. The molecule has 28 heavy (non-hydrogen) atoms. The largest absolute Gasteiger partial charge is 0.437 e. The van der Waals surface area contributed by atoms with Gasteiger partial charge < -0.3 is 15.4 Å².